The van der Waals surface area contributed by atoms with Crippen molar-refractivity contribution in [2.45, 2.75) is 6.04 Å². The number of ether oxygens (including phenoxy) is 1. The maximum Gasteiger partial charge on any atom is 0.179 e. The highest BCUT2D eigenvalue weighted by Crippen LogP contribution is 2.20. The average molecular weight is 197 g/mol. The summed E-state index contributed by atoms with van der Waals surface area (Å²) in [6, 6.07) is 3.58. The van der Waals surface area contributed by atoms with Gasteiger partial charge in [0.25, 0.3) is 0 Å². The molecule has 0 aliphatic carbocycles. The second kappa shape index (κ2) is 3.57. The molecule has 0 amide bonds. The molecule has 2 N–H and O–H groups in total. The van der Waals surface area contributed by atoms with Gasteiger partial charge in [-0.25, -0.2) is 0 Å². The van der Waals surface area contributed by atoms with E-state index in [2.05, 4.69) is 0 Å². The standard InChI is InChI=1S/C9H11NO2S/c10-7-5-12-4-6(7)9(11)8-2-1-3-13-8/h1-3,6-7H,4-5,10H2. The van der Waals surface area contributed by atoms with Crippen LogP contribution in [-0.2, 0) is 4.74 Å². The molecule has 3 nitrogen and oxygen atoms in total. The summed E-state index contributed by atoms with van der Waals surface area (Å²) in [5.41, 5.74) is 5.74. The molecule has 1 aliphatic heterocycles. The Hall–Kier alpha value is -0.710. The van der Waals surface area contributed by atoms with Gasteiger partial charge in [0.05, 0.1) is 24.0 Å². The van der Waals surface area contributed by atoms with Gasteiger partial charge in [0.1, 0.15) is 0 Å². The van der Waals surface area contributed by atoms with E-state index in [4.69, 9.17) is 10.5 Å². The van der Waals surface area contributed by atoms with Crippen molar-refractivity contribution in [3.05, 3.63) is 22.4 Å². The fourth-order valence-corrected chi connectivity index (χ4v) is 2.17. The molecule has 1 aromatic heterocycles. The van der Waals surface area contributed by atoms with Crippen LogP contribution >= 0.6 is 11.3 Å². The number of hydrogen-bond donors (Lipinski definition) is 1. The fraction of sp³-hybridized carbons (Fsp3) is 0.444. The molecule has 1 fully saturated rings. The van der Waals surface area contributed by atoms with Crippen molar-refractivity contribution in [3.8, 4) is 0 Å². The van der Waals surface area contributed by atoms with Crippen LogP contribution in [0.1, 0.15) is 9.67 Å². The van der Waals surface area contributed by atoms with Crippen LogP contribution in [0.2, 0.25) is 0 Å². The summed E-state index contributed by atoms with van der Waals surface area (Å²) in [7, 11) is 0. The van der Waals surface area contributed by atoms with E-state index in [1.54, 1.807) is 0 Å². The highest BCUT2D eigenvalue weighted by atomic mass is 32.1. The summed E-state index contributed by atoms with van der Waals surface area (Å²) in [5, 5.41) is 1.90. The lowest BCUT2D eigenvalue weighted by molar-refractivity contribution is 0.0900. The molecule has 4 heteroatoms. The first-order valence-electron chi connectivity index (χ1n) is 4.20. The predicted molar refractivity (Wildman–Crippen MR) is 50.9 cm³/mol. The predicted octanol–water partition coefficient (Wildman–Crippen LogP) is 0.904. The first-order valence-corrected chi connectivity index (χ1v) is 5.08. The maximum atomic E-state index is 11.8. The summed E-state index contributed by atoms with van der Waals surface area (Å²) in [6.07, 6.45) is 0. The Labute approximate surface area is 80.5 Å². The maximum absolute atomic E-state index is 11.8. The number of ketones is 1. The zero-order chi connectivity index (χ0) is 9.26. The van der Waals surface area contributed by atoms with Crippen LogP contribution in [0.5, 0.6) is 0 Å². The molecule has 2 heterocycles. The zero-order valence-electron chi connectivity index (χ0n) is 7.10. The number of hydrogen-bond acceptors (Lipinski definition) is 4. The smallest absolute Gasteiger partial charge is 0.179 e. The van der Waals surface area contributed by atoms with Gasteiger partial charge in [-0.3, -0.25) is 4.79 Å². The van der Waals surface area contributed by atoms with Gasteiger partial charge < -0.3 is 10.5 Å². The summed E-state index contributed by atoms with van der Waals surface area (Å²) < 4.78 is 5.15. The van der Waals surface area contributed by atoms with E-state index in [0.29, 0.717) is 13.2 Å². The zero-order valence-corrected chi connectivity index (χ0v) is 7.92. The Balaban J connectivity index is 2.13. The third-order valence-corrected chi connectivity index (χ3v) is 3.11. The van der Waals surface area contributed by atoms with Gasteiger partial charge in [0.2, 0.25) is 0 Å². The van der Waals surface area contributed by atoms with Gasteiger partial charge in [0.15, 0.2) is 5.78 Å². The lowest BCUT2D eigenvalue weighted by Crippen LogP contribution is -2.33. The molecule has 0 bridgehead atoms. The summed E-state index contributed by atoms with van der Waals surface area (Å²) in [5.74, 6) is -0.0151. The largest absolute Gasteiger partial charge is 0.379 e. The average Bonchev–Trinajstić information content (AvgIpc) is 2.72. The minimum atomic E-state index is -0.140. The van der Waals surface area contributed by atoms with Crippen molar-refractivity contribution in [1.82, 2.24) is 0 Å². The van der Waals surface area contributed by atoms with Gasteiger partial charge in [-0.05, 0) is 11.4 Å². The topological polar surface area (TPSA) is 52.3 Å². The molecule has 0 aromatic carbocycles. The summed E-state index contributed by atoms with van der Waals surface area (Å²) >= 11 is 1.46. The molecule has 0 saturated carbocycles. The Morgan fingerprint density at radius 1 is 1.62 bits per heavy atom. The van der Waals surface area contributed by atoms with Crippen LogP contribution < -0.4 is 5.73 Å². The highest BCUT2D eigenvalue weighted by Gasteiger charge is 2.32. The van der Waals surface area contributed by atoms with Gasteiger partial charge in [-0.2, -0.15) is 0 Å². The van der Waals surface area contributed by atoms with E-state index in [9.17, 15) is 4.79 Å². The number of carbonyl (C=O) groups is 1. The summed E-state index contributed by atoms with van der Waals surface area (Å²) in [6.45, 7) is 0.972. The minimum Gasteiger partial charge on any atom is -0.379 e. The van der Waals surface area contributed by atoms with E-state index in [1.165, 1.54) is 11.3 Å². The van der Waals surface area contributed by atoms with Crippen molar-refractivity contribution >= 4 is 17.1 Å². The Morgan fingerprint density at radius 3 is 3.00 bits per heavy atom. The number of Topliss-reactive ketones (excluding diaryl/α,β-unsaturated/α-hetero) is 1. The van der Waals surface area contributed by atoms with Crippen molar-refractivity contribution in [3.63, 3.8) is 0 Å². The molecule has 0 spiro atoms. The quantitative estimate of drug-likeness (QED) is 0.717. The van der Waals surface area contributed by atoms with E-state index in [1.807, 2.05) is 17.5 Å². The monoisotopic (exact) mass is 197 g/mol. The molecule has 2 rings (SSSR count). The van der Waals surface area contributed by atoms with Gasteiger partial charge in [-0.1, -0.05) is 6.07 Å². The number of carbonyl (C=O) groups excluding carboxylic acids is 1. The molecular formula is C9H11NO2S. The Kier molecular flexibility index (Phi) is 2.44. The minimum absolute atomic E-state index is 0.125. The second-order valence-electron chi connectivity index (χ2n) is 3.15. The molecule has 0 radical (unpaired) electrons. The molecule has 2 atom stereocenters. The number of rotatable bonds is 2. The Bertz CT molecular complexity index is 297. The molecule has 1 saturated heterocycles. The van der Waals surface area contributed by atoms with E-state index < -0.39 is 0 Å². The molecule has 1 aromatic rings. The summed E-state index contributed by atoms with van der Waals surface area (Å²) in [4.78, 5) is 12.6. The normalized spacial score (nSPS) is 27.8. The second-order valence-corrected chi connectivity index (χ2v) is 4.10. The fourth-order valence-electron chi connectivity index (χ4n) is 1.44. The van der Waals surface area contributed by atoms with Crippen LogP contribution in [0, 0.1) is 5.92 Å². The van der Waals surface area contributed by atoms with Crippen LogP contribution in [0.15, 0.2) is 17.5 Å². The van der Waals surface area contributed by atoms with Crippen LogP contribution in [0.3, 0.4) is 0 Å². The van der Waals surface area contributed by atoms with E-state index in [-0.39, 0.29) is 17.7 Å². The van der Waals surface area contributed by atoms with E-state index >= 15 is 0 Å². The lowest BCUT2D eigenvalue weighted by Gasteiger charge is -2.09. The molecule has 13 heavy (non-hydrogen) atoms. The third kappa shape index (κ3) is 1.65. The lowest BCUT2D eigenvalue weighted by atomic mass is 9.98. The molecule has 2 unspecified atom stereocenters. The van der Waals surface area contributed by atoms with Crippen molar-refractivity contribution in [2.24, 2.45) is 11.7 Å². The first-order chi connectivity index (χ1) is 6.29. The van der Waals surface area contributed by atoms with E-state index in [0.717, 1.165) is 4.88 Å². The third-order valence-electron chi connectivity index (χ3n) is 2.23. The Morgan fingerprint density at radius 2 is 2.46 bits per heavy atom. The number of nitrogens with two attached hydrogens (primary N) is 1. The molecular weight excluding hydrogens is 186 g/mol. The molecule has 70 valence electrons. The SMILES string of the molecule is NC1COCC1C(=O)c1cccs1. The number of thiophene rings is 1. The molecule has 1 aliphatic rings. The van der Waals surface area contributed by atoms with Crippen molar-refractivity contribution in [2.75, 3.05) is 13.2 Å². The van der Waals surface area contributed by atoms with Crippen molar-refractivity contribution < 1.29 is 9.53 Å². The van der Waals surface area contributed by atoms with Crippen LogP contribution in [-0.4, -0.2) is 25.0 Å². The van der Waals surface area contributed by atoms with Gasteiger partial charge in [-0.15, -0.1) is 11.3 Å². The van der Waals surface area contributed by atoms with Crippen LogP contribution in [0.4, 0.5) is 0 Å². The van der Waals surface area contributed by atoms with Crippen molar-refractivity contribution in [1.29, 1.82) is 0 Å². The first kappa shape index (κ1) is 8.87. The van der Waals surface area contributed by atoms with Crippen LogP contribution in [0.25, 0.3) is 0 Å². The van der Waals surface area contributed by atoms with Gasteiger partial charge in [0, 0.05) is 6.04 Å². The van der Waals surface area contributed by atoms with Gasteiger partial charge >= 0.3 is 0 Å². The highest BCUT2D eigenvalue weighted by molar-refractivity contribution is 7.12.